The Kier molecular flexibility index (Phi) is 10.0. The first-order valence-electron chi connectivity index (χ1n) is 7.19. The van der Waals surface area contributed by atoms with E-state index in [4.69, 9.17) is 21.8 Å². The van der Waals surface area contributed by atoms with Gasteiger partial charge in [0, 0.05) is 6.00 Å². The zero-order chi connectivity index (χ0) is 15.8. The highest BCUT2D eigenvalue weighted by Crippen LogP contribution is 2.44. The summed E-state index contributed by atoms with van der Waals surface area (Å²) < 4.78 is 28.0. The molecule has 0 aromatic carbocycles. The topological polar surface area (TPSA) is 65.0 Å². The van der Waals surface area contributed by atoms with Gasteiger partial charge < -0.3 is 18.9 Å². The molecule has 0 rings (SSSR count). The lowest BCUT2D eigenvalue weighted by Gasteiger charge is -2.24. The minimum atomic E-state index is -3.58. The monoisotopic (exact) mass is 306 g/mol. The smallest absolute Gasteiger partial charge is 0.328 e. The third-order valence-electron chi connectivity index (χ3n) is 2.49. The molecule has 0 aliphatic rings. The highest BCUT2D eigenvalue weighted by Gasteiger charge is 2.24. The quantitative estimate of drug-likeness (QED) is 0.469. The number of ether oxygens (including phenoxy) is 2. The Bertz CT molecular complexity index is 298. The first kappa shape index (κ1) is 20.1. The van der Waals surface area contributed by atoms with Crippen LogP contribution in [0.2, 0.25) is 0 Å². The predicted octanol–water partition coefficient (Wildman–Crippen LogP) is 2.70. The molecule has 0 spiro atoms. The third kappa shape index (κ3) is 10.9. The van der Waals surface area contributed by atoms with Crippen LogP contribution in [0.1, 0.15) is 47.5 Å². The fourth-order valence-electron chi connectivity index (χ4n) is 1.52. The Morgan fingerprint density at radius 2 is 1.80 bits per heavy atom. The van der Waals surface area contributed by atoms with Crippen molar-refractivity contribution in [3.8, 4) is 0 Å². The van der Waals surface area contributed by atoms with Gasteiger partial charge in [-0.05, 0) is 40.5 Å². The summed E-state index contributed by atoms with van der Waals surface area (Å²) in [5.41, 5.74) is 0. The van der Waals surface area contributed by atoms with Crippen molar-refractivity contribution in [2.75, 3.05) is 12.8 Å². The van der Waals surface area contributed by atoms with Gasteiger partial charge in [-0.2, -0.15) is 0 Å². The lowest BCUT2D eigenvalue weighted by Crippen LogP contribution is -2.28. The van der Waals surface area contributed by atoms with Crippen molar-refractivity contribution in [1.82, 2.24) is 0 Å². The zero-order valence-electron chi connectivity index (χ0n) is 13.2. The second-order valence-corrected chi connectivity index (χ2v) is 7.32. The van der Waals surface area contributed by atoms with Gasteiger partial charge in [-0.1, -0.05) is 6.92 Å². The molecule has 118 valence electrons. The van der Waals surface area contributed by atoms with Gasteiger partial charge in [0.2, 0.25) is 0 Å². The van der Waals surface area contributed by atoms with Crippen molar-refractivity contribution in [2.45, 2.75) is 71.8 Å². The largest absolute Gasteiger partial charge is 0.382 e. The maximum absolute atomic E-state index is 11.8. The van der Waals surface area contributed by atoms with E-state index in [2.05, 4.69) is 0 Å². The van der Waals surface area contributed by atoms with Crippen LogP contribution in [-0.4, -0.2) is 49.8 Å². The van der Waals surface area contributed by atoms with E-state index in [1.54, 1.807) is 13.8 Å². The summed E-state index contributed by atoms with van der Waals surface area (Å²) in [7, 11) is 2.18. The van der Waals surface area contributed by atoms with Crippen LogP contribution in [0.3, 0.4) is 0 Å². The van der Waals surface area contributed by atoms with Gasteiger partial charge in [0.1, 0.15) is 7.85 Å². The average molecular weight is 306 g/mol. The molecule has 1 N–H and O–H groups in total. The molecule has 20 heavy (non-hydrogen) atoms. The van der Waals surface area contributed by atoms with Crippen molar-refractivity contribution >= 4 is 15.4 Å². The van der Waals surface area contributed by atoms with Crippen LogP contribution < -0.4 is 0 Å². The molecule has 1 unspecified atom stereocenters. The van der Waals surface area contributed by atoms with E-state index in [0.717, 1.165) is 0 Å². The normalized spacial score (nSPS) is 18.2. The SMILES string of the molecule is [B][C@@H](CC)O[C@H](CCP(=O)(O)OC(C)C)COC(C)C. The second-order valence-electron chi connectivity index (χ2n) is 5.39. The van der Waals surface area contributed by atoms with Gasteiger partial charge >= 0.3 is 7.60 Å². The van der Waals surface area contributed by atoms with E-state index in [9.17, 15) is 9.46 Å². The van der Waals surface area contributed by atoms with Crippen LogP contribution in [0.15, 0.2) is 0 Å². The molecule has 0 saturated heterocycles. The molecular weight excluding hydrogens is 278 g/mol. The van der Waals surface area contributed by atoms with E-state index in [1.165, 1.54) is 0 Å². The maximum Gasteiger partial charge on any atom is 0.328 e. The van der Waals surface area contributed by atoms with Crippen LogP contribution in [0.5, 0.6) is 0 Å². The summed E-state index contributed by atoms with van der Waals surface area (Å²) in [4.78, 5) is 9.71. The number of rotatable bonds is 11. The molecule has 0 fully saturated rings. The lowest BCUT2D eigenvalue weighted by atomic mass is 9.97. The van der Waals surface area contributed by atoms with Crippen molar-refractivity contribution in [3.05, 3.63) is 0 Å². The van der Waals surface area contributed by atoms with Crippen molar-refractivity contribution in [3.63, 3.8) is 0 Å². The third-order valence-corrected chi connectivity index (χ3v) is 4.07. The van der Waals surface area contributed by atoms with Gasteiger partial charge in [0.15, 0.2) is 0 Å². The van der Waals surface area contributed by atoms with Crippen molar-refractivity contribution in [1.29, 1.82) is 0 Å². The van der Waals surface area contributed by atoms with Crippen LogP contribution in [0, 0.1) is 0 Å². The highest BCUT2D eigenvalue weighted by molar-refractivity contribution is 7.52. The molecular formula is C13H28BO5P. The van der Waals surface area contributed by atoms with Crippen LogP contribution in [0.4, 0.5) is 0 Å². The minimum Gasteiger partial charge on any atom is -0.382 e. The Labute approximate surface area is 124 Å². The van der Waals surface area contributed by atoms with Crippen LogP contribution >= 0.6 is 7.60 Å². The number of hydrogen-bond acceptors (Lipinski definition) is 4. The van der Waals surface area contributed by atoms with Crippen molar-refractivity contribution < 1.29 is 23.5 Å². The fraction of sp³-hybridized carbons (Fsp3) is 1.00. The Morgan fingerprint density at radius 1 is 1.20 bits per heavy atom. The molecule has 0 aliphatic heterocycles. The Hall–Kier alpha value is 0.135. The summed E-state index contributed by atoms with van der Waals surface area (Å²) in [6.45, 7) is 9.58. The molecule has 0 aromatic heterocycles. The maximum atomic E-state index is 11.8. The Morgan fingerprint density at radius 3 is 2.25 bits per heavy atom. The summed E-state index contributed by atoms with van der Waals surface area (Å²) >= 11 is 0. The summed E-state index contributed by atoms with van der Waals surface area (Å²) in [6, 6.07) is -0.389. The molecule has 5 nitrogen and oxygen atoms in total. The van der Waals surface area contributed by atoms with Crippen molar-refractivity contribution in [2.24, 2.45) is 0 Å². The summed E-state index contributed by atoms with van der Waals surface area (Å²) in [5.74, 6) is 0. The lowest BCUT2D eigenvalue weighted by molar-refractivity contribution is -0.0481. The average Bonchev–Trinajstić information content (AvgIpc) is 2.30. The van der Waals surface area contributed by atoms with Crippen LogP contribution in [-0.2, 0) is 18.6 Å². The highest BCUT2D eigenvalue weighted by atomic mass is 31.2. The molecule has 0 bridgehead atoms. The zero-order valence-corrected chi connectivity index (χ0v) is 14.1. The van der Waals surface area contributed by atoms with Gasteiger partial charge in [0.05, 0.1) is 31.1 Å². The van der Waals surface area contributed by atoms with E-state index in [-0.39, 0.29) is 30.5 Å². The fourth-order valence-corrected chi connectivity index (χ4v) is 2.90. The first-order chi connectivity index (χ1) is 9.16. The van der Waals surface area contributed by atoms with Gasteiger partial charge in [0.25, 0.3) is 0 Å². The van der Waals surface area contributed by atoms with Gasteiger partial charge in [-0.15, -0.1) is 0 Å². The molecule has 0 amide bonds. The van der Waals surface area contributed by atoms with E-state index >= 15 is 0 Å². The molecule has 2 radical (unpaired) electrons. The minimum absolute atomic E-state index is 0.0355. The van der Waals surface area contributed by atoms with Crippen LogP contribution in [0.25, 0.3) is 0 Å². The molecule has 7 heteroatoms. The standard InChI is InChI=1S/C13H28BO5P/c1-6-13(14)18-12(9-17-10(2)3)7-8-20(15,16)19-11(4)5/h10-13H,6-9H2,1-5H3,(H,15,16)/t12-,13-/m1/s1. The molecule has 0 aromatic rings. The molecule has 0 saturated carbocycles. The summed E-state index contributed by atoms with van der Waals surface area (Å²) in [6.07, 6.45) is 0.581. The second kappa shape index (κ2) is 9.96. The molecule has 3 atom stereocenters. The summed E-state index contributed by atoms with van der Waals surface area (Å²) in [5, 5.41) is 0. The van der Waals surface area contributed by atoms with E-state index < -0.39 is 7.60 Å². The van der Waals surface area contributed by atoms with Gasteiger partial charge in [-0.25, -0.2) is 0 Å². The predicted molar refractivity (Wildman–Crippen MR) is 81.3 cm³/mol. The first-order valence-corrected chi connectivity index (χ1v) is 8.95. The Balaban J connectivity index is 4.36. The van der Waals surface area contributed by atoms with Gasteiger partial charge in [-0.3, -0.25) is 4.57 Å². The number of hydrogen-bond donors (Lipinski definition) is 1. The molecule has 0 aliphatic carbocycles. The van der Waals surface area contributed by atoms with E-state index in [1.807, 2.05) is 20.8 Å². The molecule has 0 heterocycles. The van der Waals surface area contributed by atoms with E-state index in [0.29, 0.717) is 19.4 Å².